The number of carbonyl (C=O) groups excluding carboxylic acids is 2. The standard InChI is InChI=1S/C24H25N3O2S/c1-18-16-21(23(29)19-8-4-2-5-9-19)24(30-18)25-22(28)17-26-12-14-27(15-13-26)20-10-6-3-7-11-20/h2-11,16H,12-15,17H2,1H3,(H,25,28). The molecule has 0 unspecified atom stereocenters. The first kappa shape index (κ1) is 20.3. The number of nitrogens with one attached hydrogen (secondary N) is 1. The minimum atomic E-state index is -0.0767. The summed E-state index contributed by atoms with van der Waals surface area (Å²) in [6, 6.07) is 21.4. The zero-order valence-electron chi connectivity index (χ0n) is 17.0. The number of piperazine rings is 1. The first-order valence-electron chi connectivity index (χ1n) is 10.1. The molecule has 0 radical (unpaired) electrons. The number of hydrogen-bond donors (Lipinski definition) is 1. The van der Waals surface area contributed by atoms with Crippen molar-refractivity contribution in [3.63, 3.8) is 0 Å². The van der Waals surface area contributed by atoms with Crippen LogP contribution < -0.4 is 10.2 Å². The van der Waals surface area contributed by atoms with Gasteiger partial charge in [0.25, 0.3) is 0 Å². The van der Waals surface area contributed by atoms with E-state index in [0.717, 1.165) is 31.1 Å². The van der Waals surface area contributed by atoms with Gasteiger partial charge in [0.2, 0.25) is 5.91 Å². The zero-order valence-corrected chi connectivity index (χ0v) is 17.8. The molecule has 0 atom stereocenters. The molecule has 1 saturated heterocycles. The molecule has 30 heavy (non-hydrogen) atoms. The largest absolute Gasteiger partial charge is 0.369 e. The van der Waals surface area contributed by atoms with Crippen LogP contribution in [-0.4, -0.2) is 49.3 Å². The van der Waals surface area contributed by atoms with E-state index >= 15 is 0 Å². The van der Waals surface area contributed by atoms with Crippen LogP contribution in [0.15, 0.2) is 66.7 Å². The average Bonchev–Trinajstić information content (AvgIpc) is 3.14. The number of rotatable bonds is 6. The van der Waals surface area contributed by atoms with E-state index in [-0.39, 0.29) is 11.7 Å². The molecule has 1 amide bonds. The summed E-state index contributed by atoms with van der Waals surface area (Å²) in [5.41, 5.74) is 2.41. The molecule has 3 aromatic rings. The summed E-state index contributed by atoms with van der Waals surface area (Å²) in [4.78, 5) is 31.0. The van der Waals surface area contributed by atoms with Crippen molar-refractivity contribution < 1.29 is 9.59 Å². The molecule has 1 fully saturated rings. The summed E-state index contributed by atoms with van der Waals surface area (Å²) in [7, 11) is 0. The lowest BCUT2D eigenvalue weighted by atomic mass is 10.1. The maximum atomic E-state index is 12.9. The molecular weight excluding hydrogens is 394 g/mol. The number of nitrogens with zero attached hydrogens (tertiary/aromatic N) is 2. The maximum absolute atomic E-state index is 12.9. The van der Waals surface area contributed by atoms with Gasteiger partial charge >= 0.3 is 0 Å². The molecule has 4 rings (SSSR count). The first-order chi connectivity index (χ1) is 14.6. The van der Waals surface area contributed by atoms with Crippen LogP contribution in [0.25, 0.3) is 0 Å². The van der Waals surface area contributed by atoms with Gasteiger partial charge in [-0.3, -0.25) is 14.5 Å². The summed E-state index contributed by atoms with van der Waals surface area (Å²) in [5, 5.41) is 3.61. The van der Waals surface area contributed by atoms with Gasteiger partial charge < -0.3 is 10.2 Å². The average molecular weight is 420 g/mol. The van der Waals surface area contributed by atoms with Crippen molar-refractivity contribution in [1.82, 2.24) is 4.90 Å². The Morgan fingerprint density at radius 1 is 0.933 bits per heavy atom. The lowest BCUT2D eigenvalue weighted by molar-refractivity contribution is -0.117. The SMILES string of the molecule is Cc1cc(C(=O)c2ccccc2)c(NC(=O)CN2CCN(c3ccccc3)CC2)s1. The van der Waals surface area contributed by atoms with E-state index in [0.29, 0.717) is 22.7 Å². The molecule has 2 heterocycles. The third-order valence-electron chi connectivity index (χ3n) is 5.25. The highest BCUT2D eigenvalue weighted by atomic mass is 32.1. The predicted octanol–water partition coefficient (Wildman–Crippen LogP) is 4.05. The Labute approximate surface area is 180 Å². The van der Waals surface area contributed by atoms with Crippen LogP contribution in [-0.2, 0) is 4.79 Å². The molecule has 0 saturated carbocycles. The number of amides is 1. The van der Waals surface area contributed by atoms with Crippen molar-refractivity contribution in [1.29, 1.82) is 0 Å². The molecule has 154 valence electrons. The Kier molecular flexibility index (Phi) is 6.26. The number of carbonyl (C=O) groups is 2. The summed E-state index contributed by atoms with van der Waals surface area (Å²) in [6.07, 6.45) is 0. The van der Waals surface area contributed by atoms with Crippen molar-refractivity contribution >= 4 is 33.7 Å². The second-order valence-corrected chi connectivity index (χ2v) is 8.70. The molecule has 2 aromatic carbocycles. The summed E-state index contributed by atoms with van der Waals surface area (Å²) in [5.74, 6) is -0.140. The van der Waals surface area contributed by atoms with Crippen LogP contribution in [0.4, 0.5) is 10.7 Å². The summed E-state index contributed by atoms with van der Waals surface area (Å²) >= 11 is 1.45. The second kappa shape index (κ2) is 9.24. The molecule has 1 aliphatic heterocycles. The van der Waals surface area contributed by atoms with E-state index in [9.17, 15) is 9.59 Å². The topological polar surface area (TPSA) is 52.7 Å². The summed E-state index contributed by atoms with van der Waals surface area (Å²) in [6.45, 7) is 5.74. The van der Waals surface area contributed by atoms with E-state index in [1.807, 2.05) is 49.4 Å². The number of benzene rings is 2. The van der Waals surface area contributed by atoms with Gasteiger partial charge in [0.15, 0.2) is 5.78 Å². The highest BCUT2D eigenvalue weighted by Crippen LogP contribution is 2.29. The Morgan fingerprint density at radius 3 is 2.23 bits per heavy atom. The fraction of sp³-hybridized carbons (Fsp3) is 0.250. The lowest BCUT2D eigenvalue weighted by Gasteiger charge is -2.35. The fourth-order valence-corrected chi connectivity index (χ4v) is 4.62. The van der Waals surface area contributed by atoms with E-state index in [1.165, 1.54) is 17.0 Å². The van der Waals surface area contributed by atoms with Crippen molar-refractivity contribution in [2.75, 3.05) is 42.9 Å². The van der Waals surface area contributed by atoms with Gasteiger partial charge in [-0.1, -0.05) is 48.5 Å². The molecule has 0 aliphatic carbocycles. The Hall–Kier alpha value is -2.96. The van der Waals surface area contributed by atoms with E-state index in [1.54, 1.807) is 12.1 Å². The van der Waals surface area contributed by atoms with Crippen LogP contribution >= 0.6 is 11.3 Å². The van der Waals surface area contributed by atoms with Crippen molar-refractivity contribution in [2.45, 2.75) is 6.92 Å². The van der Waals surface area contributed by atoms with Crippen molar-refractivity contribution in [2.24, 2.45) is 0 Å². The molecular formula is C24H25N3O2S. The number of para-hydroxylation sites is 1. The highest BCUT2D eigenvalue weighted by molar-refractivity contribution is 7.16. The van der Waals surface area contributed by atoms with Gasteiger partial charge in [0.05, 0.1) is 12.1 Å². The number of thiophene rings is 1. The van der Waals surface area contributed by atoms with Crippen LogP contribution in [0, 0.1) is 6.92 Å². The molecule has 1 aliphatic rings. The Balaban J connectivity index is 1.36. The zero-order chi connectivity index (χ0) is 20.9. The van der Waals surface area contributed by atoms with Crippen LogP contribution in [0.5, 0.6) is 0 Å². The normalized spacial score (nSPS) is 14.5. The number of ketones is 1. The smallest absolute Gasteiger partial charge is 0.239 e. The Morgan fingerprint density at radius 2 is 1.57 bits per heavy atom. The number of anilines is 2. The lowest BCUT2D eigenvalue weighted by Crippen LogP contribution is -2.48. The first-order valence-corrected chi connectivity index (χ1v) is 10.9. The fourth-order valence-electron chi connectivity index (χ4n) is 3.69. The van der Waals surface area contributed by atoms with E-state index < -0.39 is 0 Å². The van der Waals surface area contributed by atoms with E-state index in [4.69, 9.17) is 0 Å². The third-order valence-corrected chi connectivity index (χ3v) is 6.22. The molecule has 5 nitrogen and oxygen atoms in total. The van der Waals surface area contributed by atoms with E-state index in [2.05, 4.69) is 27.2 Å². The van der Waals surface area contributed by atoms with Crippen LogP contribution in [0.3, 0.4) is 0 Å². The highest BCUT2D eigenvalue weighted by Gasteiger charge is 2.22. The minimum absolute atomic E-state index is 0.0632. The number of aryl methyl sites for hydroxylation is 1. The molecule has 6 heteroatoms. The van der Waals surface area contributed by atoms with Gasteiger partial charge in [-0.05, 0) is 25.1 Å². The maximum Gasteiger partial charge on any atom is 0.239 e. The van der Waals surface area contributed by atoms with Gasteiger partial charge in [-0.2, -0.15) is 0 Å². The van der Waals surface area contributed by atoms with Gasteiger partial charge in [-0.25, -0.2) is 0 Å². The molecule has 1 N–H and O–H groups in total. The monoisotopic (exact) mass is 419 g/mol. The van der Waals surface area contributed by atoms with Crippen LogP contribution in [0.2, 0.25) is 0 Å². The van der Waals surface area contributed by atoms with Crippen LogP contribution in [0.1, 0.15) is 20.8 Å². The third kappa shape index (κ3) is 4.78. The van der Waals surface area contributed by atoms with Gasteiger partial charge in [0.1, 0.15) is 5.00 Å². The minimum Gasteiger partial charge on any atom is -0.369 e. The van der Waals surface area contributed by atoms with Gasteiger partial charge in [0, 0.05) is 42.3 Å². The predicted molar refractivity (Wildman–Crippen MR) is 123 cm³/mol. The quantitative estimate of drug-likeness (QED) is 0.613. The van der Waals surface area contributed by atoms with Crippen molar-refractivity contribution in [3.05, 3.63) is 82.7 Å². The second-order valence-electron chi connectivity index (χ2n) is 7.44. The van der Waals surface area contributed by atoms with Gasteiger partial charge in [-0.15, -0.1) is 11.3 Å². The Bertz CT molecular complexity index is 1010. The summed E-state index contributed by atoms with van der Waals surface area (Å²) < 4.78 is 0. The molecule has 0 bridgehead atoms. The number of hydrogen-bond acceptors (Lipinski definition) is 5. The molecule has 1 aromatic heterocycles. The molecule has 0 spiro atoms. The van der Waals surface area contributed by atoms with Crippen molar-refractivity contribution in [3.8, 4) is 0 Å².